The van der Waals surface area contributed by atoms with E-state index in [1.807, 2.05) is 30.7 Å². The highest BCUT2D eigenvalue weighted by atomic mass is 16.5. The van der Waals surface area contributed by atoms with Crippen molar-refractivity contribution in [1.29, 1.82) is 0 Å². The van der Waals surface area contributed by atoms with E-state index in [4.69, 9.17) is 4.74 Å². The highest BCUT2D eigenvalue weighted by Gasteiger charge is 2.15. The number of nitrogens with one attached hydrogen (secondary N) is 1. The number of hydrogen-bond acceptors (Lipinski definition) is 4. The zero-order valence-corrected chi connectivity index (χ0v) is 14.2. The molecule has 0 bridgehead atoms. The second kappa shape index (κ2) is 6.84. The lowest BCUT2D eigenvalue weighted by Crippen LogP contribution is -2.15. The molecular weight excluding hydrogens is 302 g/mol. The Bertz CT molecular complexity index is 883. The number of carbonyl (C=O) groups excluding carboxylic acids is 1. The second-order valence-corrected chi connectivity index (χ2v) is 5.82. The number of methoxy groups -OCH3 is 1. The summed E-state index contributed by atoms with van der Waals surface area (Å²) in [6.07, 6.45) is 1.81. The van der Waals surface area contributed by atoms with E-state index in [2.05, 4.69) is 34.6 Å². The molecular formula is C19H21N3O2. The number of fused-ring (bicyclic) bond motifs is 1. The summed E-state index contributed by atoms with van der Waals surface area (Å²) in [4.78, 5) is 16.1. The summed E-state index contributed by atoms with van der Waals surface area (Å²) in [6, 6.07) is 12.2. The minimum absolute atomic E-state index is 0.296. The minimum atomic E-state index is -0.296. The molecule has 0 fully saturated rings. The van der Waals surface area contributed by atoms with Gasteiger partial charge in [0.05, 0.1) is 18.2 Å². The maximum atomic E-state index is 11.8. The lowest BCUT2D eigenvalue weighted by molar-refractivity contribution is 0.0600. The number of benzene rings is 1. The van der Waals surface area contributed by atoms with Crippen molar-refractivity contribution in [3.05, 3.63) is 65.1 Å². The molecule has 3 rings (SSSR count). The fourth-order valence-electron chi connectivity index (χ4n) is 2.81. The monoisotopic (exact) mass is 323 g/mol. The number of ether oxygens (including phenoxy) is 1. The summed E-state index contributed by atoms with van der Waals surface area (Å²) in [5.41, 5.74) is 4.76. The normalized spacial score (nSPS) is 11.0. The van der Waals surface area contributed by atoms with E-state index in [1.54, 1.807) is 6.20 Å². The van der Waals surface area contributed by atoms with Crippen molar-refractivity contribution in [3.8, 4) is 0 Å². The van der Waals surface area contributed by atoms with Crippen LogP contribution in [0.3, 0.4) is 0 Å². The standard InChI is InChI=1S/C19H21N3O2/c1-13-17(19(23)24-3)10-16(22(13)2)12-20-11-14-6-7-15-5-4-8-21-18(15)9-14/h4-10,20H,11-12H2,1-3H3. The molecule has 0 amide bonds. The third kappa shape index (κ3) is 3.16. The first-order chi connectivity index (χ1) is 11.6. The van der Waals surface area contributed by atoms with Gasteiger partial charge >= 0.3 is 5.97 Å². The maximum absolute atomic E-state index is 11.8. The molecule has 1 aromatic carbocycles. The van der Waals surface area contributed by atoms with Crippen LogP contribution < -0.4 is 5.32 Å². The van der Waals surface area contributed by atoms with Gasteiger partial charge in [0.15, 0.2) is 0 Å². The molecule has 0 aliphatic carbocycles. The first-order valence-corrected chi connectivity index (χ1v) is 7.88. The van der Waals surface area contributed by atoms with E-state index in [0.717, 1.165) is 28.8 Å². The highest BCUT2D eigenvalue weighted by molar-refractivity contribution is 5.91. The van der Waals surface area contributed by atoms with Crippen LogP contribution in [0.2, 0.25) is 0 Å². The van der Waals surface area contributed by atoms with Crippen LogP contribution in [-0.4, -0.2) is 22.6 Å². The van der Waals surface area contributed by atoms with Gasteiger partial charge in [-0.25, -0.2) is 4.79 Å². The Kier molecular flexibility index (Phi) is 4.62. The first-order valence-electron chi connectivity index (χ1n) is 7.88. The Morgan fingerprint density at radius 2 is 2.08 bits per heavy atom. The molecule has 2 aromatic heterocycles. The van der Waals surface area contributed by atoms with Crippen LogP contribution in [0.25, 0.3) is 10.9 Å². The van der Waals surface area contributed by atoms with Gasteiger partial charge in [-0.3, -0.25) is 4.98 Å². The lowest BCUT2D eigenvalue weighted by atomic mass is 10.1. The Balaban J connectivity index is 1.68. The SMILES string of the molecule is COC(=O)c1cc(CNCc2ccc3cccnc3c2)n(C)c1C. The van der Waals surface area contributed by atoms with Gasteiger partial charge in [-0.2, -0.15) is 0 Å². The molecule has 0 aliphatic heterocycles. The van der Waals surface area contributed by atoms with E-state index in [-0.39, 0.29) is 5.97 Å². The van der Waals surface area contributed by atoms with Gasteiger partial charge in [0.2, 0.25) is 0 Å². The molecule has 0 radical (unpaired) electrons. The van der Waals surface area contributed by atoms with Gasteiger partial charge in [0.1, 0.15) is 0 Å². The predicted molar refractivity (Wildman–Crippen MR) is 93.8 cm³/mol. The van der Waals surface area contributed by atoms with Crippen molar-refractivity contribution in [2.24, 2.45) is 7.05 Å². The van der Waals surface area contributed by atoms with Crippen LogP contribution in [0, 0.1) is 6.92 Å². The van der Waals surface area contributed by atoms with Crippen LogP contribution in [0.4, 0.5) is 0 Å². The molecule has 124 valence electrons. The quantitative estimate of drug-likeness (QED) is 0.734. The molecule has 0 atom stereocenters. The zero-order chi connectivity index (χ0) is 17.1. The van der Waals surface area contributed by atoms with Crippen molar-refractivity contribution in [3.63, 3.8) is 0 Å². The van der Waals surface area contributed by atoms with Gasteiger partial charge in [-0.1, -0.05) is 18.2 Å². The third-order valence-electron chi connectivity index (χ3n) is 4.35. The average molecular weight is 323 g/mol. The van der Waals surface area contributed by atoms with Gasteiger partial charge in [-0.05, 0) is 30.7 Å². The molecule has 3 aromatic rings. The Morgan fingerprint density at radius 3 is 2.88 bits per heavy atom. The highest BCUT2D eigenvalue weighted by Crippen LogP contribution is 2.16. The first kappa shape index (κ1) is 16.2. The van der Waals surface area contributed by atoms with E-state index >= 15 is 0 Å². The molecule has 0 unspecified atom stereocenters. The Morgan fingerprint density at radius 1 is 1.25 bits per heavy atom. The van der Waals surface area contributed by atoms with Crippen LogP contribution in [0.1, 0.15) is 27.3 Å². The largest absolute Gasteiger partial charge is 0.465 e. The van der Waals surface area contributed by atoms with Crippen molar-refractivity contribution in [1.82, 2.24) is 14.9 Å². The second-order valence-electron chi connectivity index (χ2n) is 5.82. The van der Waals surface area contributed by atoms with Crippen molar-refractivity contribution >= 4 is 16.9 Å². The number of hydrogen-bond donors (Lipinski definition) is 1. The molecule has 2 heterocycles. The summed E-state index contributed by atoms with van der Waals surface area (Å²) >= 11 is 0. The smallest absolute Gasteiger partial charge is 0.339 e. The van der Waals surface area contributed by atoms with Gasteiger partial charge in [-0.15, -0.1) is 0 Å². The van der Waals surface area contributed by atoms with Crippen LogP contribution >= 0.6 is 0 Å². The topological polar surface area (TPSA) is 56.1 Å². The van der Waals surface area contributed by atoms with Crippen molar-refractivity contribution < 1.29 is 9.53 Å². The predicted octanol–water partition coefficient (Wildman–Crippen LogP) is 2.96. The van der Waals surface area contributed by atoms with Gasteiger partial charge in [0, 0.05) is 43.1 Å². The van der Waals surface area contributed by atoms with Crippen molar-refractivity contribution in [2.75, 3.05) is 7.11 Å². The fourth-order valence-corrected chi connectivity index (χ4v) is 2.81. The molecule has 5 heteroatoms. The van der Waals surface area contributed by atoms with Gasteiger partial charge < -0.3 is 14.6 Å². The number of pyridine rings is 1. The average Bonchev–Trinajstić information content (AvgIpc) is 2.89. The summed E-state index contributed by atoms with van der Waals surface area (Å²) in [7, 11) is 3.36. The fraction of sp³-hybridized carbons (Fsp3) is 0.263. The Hall–Kier alpha value is -2.66. The summed E-state index contributed by atoms with van der Waals surface area (Å²) in [5.74, 6) is -0.296. The molecule has 1 N–H and O–H groups in total. The number of esters is 1. The maximum Gasteiger partial charge on any atom is 0.339 e. The van der Waals surface area contributed by atoms with E-state index in [1.165, 1.54) is 12.7 Å². The van der Waals surface area contributed by atoms with E-state index in [9.17, 15) is 4.79 Å². The van der Waals surface area contributed by atoms with Crippen molar-refractivity contribution in [2.45, 2.75) is 20.0 Å². The molecule has 0 spiro atoms. The van der Waals surface area contributed by atoms with Crippen LogP contribution in [0.5, 0.6) is 0 Å². The van der Waals surface area contributed by atoms with E-state index in [0.29, 0.717) is 12.1 Å². The number of nitrogens with zero attached hydrogens (tertiary/aromatic N) is 2. The summed E-state index contributed by atoms with van der Waals surface area (Å²) < 4.78 is 6.84. The lowest BCUT2D eigenvalue weighted by Gasteiger charge is -2.08. The third-order valence-corrected chi connectivity index (χ3v) is 4.35. The molecule has 24 heavy (non-hydrogen) atoms. The summed E-state index contributed by atoms with van der Waals surface area (Å²) in [5, 5.41) is 4.56. The molecule has 0 saturated heterocycles. The van der Waals surface area contributed by atoms with Crippen LogP contribution in [0.15, 0.2) is 42.6 Å². The zero-order valence-electron chi connectivity index (χ0n) is 14.2. The minimum Gasteiger partial charge on any atom is -0.465 e. The number of rotatable bonds is 5. The van der Waals surface area contributed by atoms with E-state index < -0.39 is 0 Å². The molecule has 0 aliphatic rings. The number of aromatic nitrogens is 2. The molecule has 0 saturated carbocycles. The number of carbonyl (C=O) groups is 1. The van der Waals surface area contributed by atoms with Crippen LogP contribution in [-0.2, 0) is 24.9 Å². The van der Waals surface area contributed by atoms with Gasteiger partial charge in [0.25, 0.3) is 0 Å². The summed E-state index contributed by atoms with van der Waals surface area (Å²) in [6.45, 7) is 3.34. The molecule has 5 nitrogen and oxygen atoms in total. The Labute approximate surface area is 141 Å².